The molecule has 1 aromatic rings. The van der Waals surface area contributed by atoms with E-state index in [0.717, 1.165) is 28.7 Å². The highest BCUT2D eigenvalue weighted by molar-refractivity contribution is 9.10. The van der Waals surface area contributed by atoms with Crippen molar-refractivity contribution >= 4 is 33.4 Å². The fourth-order valence-electron chi connectivity index (χ4n) is 1.65. The Balaban J connectivity index is 2.70. The summed E-state index contributed by atoms with van der Waals surface area (Å²) in [7, 11) is 0. The van der Waals surface area contributed by atoms with Crippen LogP contribution in [0.3, 0.4) is 0 Å². The van der Waals surface area contributed by atoms with E-state index < -0.39 is 11.7 Å². The number of carbonyl (C=O) groups excluding carboxylic acids is 1. The maximum atomic E-state index is 11.9. The molecule has 1 aromatic heterocycles. The van der Waals surface area contributed by atoms with Crippen molar-refractivity contribution in [2.45, 2.75) is 51.7 Å². The lowest BCUT2D eigenvalue weighted by molar-refractivity contribution is 0.0501. The zero-order valence-corrected chi connectivity index (χ0v) is 14.5. The van der Waals surface area contributed by atoms with Gasteiger partial charge in [0, 0.05) is 0 Å². The number of halogens is 1. The Labute approximate surface area is 132 Å². The minimum Gasteiger partial charge on any atom is -0.444 e. The molecule has 4 nitrogen and oxygen atoms in total. The first-order valence-corrected chi connectivity index (χ1v) is 8.20. The van der Waals surface area contributed by atoms with Crippen LogP contribution >= 0.6 is 27.3 Å². The molecule has 0 saturated heterocycles. The molecule has 0 aliphatic heterocycles. The van der Waals surface area contributed by atoms with Gasteiger partial charge in [0.25, 0.3) is 0 Å². The van der Waals surface area contributed by atoms with Crippen molar-refractivity contribution in [2.75, 3.05) is 0 Å². The molecule has 0 aliphatic rings. The smallest absolute Gasteiger partial charge is 0.408 e. The van der Waals surface area contributed by atoms with E-state index in [1.165, 1.54) is 11.3 Å². The first-order chi connectivity index (χ1) is 9.33. The number of unbranched alkanes of at least 4 members (excludes halogenated alkanes) is 1. The predicted molar refractivity (Wildman–Crippen MR) is 86.0 cm³/mol. The van der Waals surface area contributed by atoms with Crippen molar-refractivity contribution in [3.63, 3.8) is 0 Å². The lowest BCUT2D eigenvalue weighted by Gasteiger charge is -2.23. The lowest BCUT2D eigenvalue weighted by Crippen LogP contribution is -2.34. The van der Waals surface area contributed by atoms with E-state index in [4.69, 9.17) is 4.74 Å². The summed E-state index contributed by atoms with van der Waals surface area (Å²) in [6.45, 7) is 9.26. The third-order valence-electron chi connectivity index (χ3n) is 2.46. The molecule has 6 heteroatoms. The summed E-state index contributed by atoms with van der Waals surface area (Å²) >= 11 is 4.94. The number of allylic oxidation sites excluding steroid dienone is 1. The molecule has 0 unspecified atom stereocenters. The third-order valence-corrected chi connectivity index (χ3v) is 4.29. The van der Waals surface area contributed by atoms with Crippen LogP contribution in [0.2, 0.25) is 0 Å². The molecule has 0 saturated carbocycles. The maximum absolute atomic E-state index is 11.9. The third kappa shape index (κ3) is 6.05. The molecule has 1 heterocycles. The van der Waals surface area contributed by atoms with E-state index in [1.54, 1.807) is 5.51 Å². The first kappa shape index (κ1) is 17.2. The van der Waals surface area contributed by atoms with Crippen molar-refractivity contribution in [2.24, 2.45) is 0 Å². The highest BCUT2D eigenvalue weighted by Gasteiger charge is 2.22. The number of ether oxygens (including phenoxy) is 1. The van der Waals surface area contributed by atoms with Gasteiger partial charge in [0.1, 0.15) is 10.2 Å². The molecule has 0 bridgehead atoms. The van der Waals surface area contributed by atoms with Crippen LogP contribution in [-0.2, 0) is 4.74 Å². The number of amides is 1. The zero-order valence-electron chi connectivity index (χ0n) is 12.1. The average molecular weight is 361 g/mol. The van der Waals surface area contributed by atoms with Gasteiger partial charge in [-0.25, -0.2) is 9.78 Å². The van der Waals surface area contributed by atoms with Crippen molar-refractivity contribution in [1.29, 1.82) is 0 Å². The van der Waals surface area contributed by atoms with Crippen LogP contribution in [0.1, 0.15) is 51.0 Å². The van der Waals surface area contributed by atoms with Crippen molar-refractivity contribution in [3.05, 3.63) is 27.6 Å². The summed E-state index contributed by atoms with van der Waals surface area (Å²) in [5.74, 6) is 0. The molecule has 112 valence electrons. The second-order valence-electron chi connectivity index (χ2n) is 5.43. The number of hydrogen-bond acceptors (Lipinski definition) is 4. The van der Waals surface area contributed by atoms with Gasteiger partial charge in [-0.15, -0.1) is 17.9 Å². The molecule has 0 aliphatic carbocycles. The Kier molecular flexibility index (Phi) is 6.68. The van der Waals surface area contributed by atoms with E-state index in [-0.39, 0.29) is 6.04 Å². The van der Waals surface area contributed by atoms with Gasteiger partial charge in [0.15, 0.2) is 0 Å². The Hall–Kier alpha value is -0.880. The molecule has 20 heavy (non-hydrogen) atoms. The fraction of sp³-hybridized carbons (Fsp3) is 0.571. The molecule has 0 radical (unpaired) electrons. The number of thiazole rings is 1. The summed E-state index contributed by atoms with van der Waals surface area (Å²) in [4.78, 5) is 17.1. The van der Waals surface area contributed by atoms with Gasteiger partial charge in [-0.05, 0) is 56.0 Å². The van der Waals surface area contributed by atoms with E-state index in [0.29, 0.717) is 0 Å². The van der Waals surface area contributed by atoms with E-state index in [2.05, 4.69) is 32.8 Å². The topological polar surface area (TPSA) is 51.2 Å². The van der Waals surface area contributed by atoms with Gasteiger partial charge in [0.2, 0.25) is 0 Å². The van der Waals surface area contributed by atoms with Crippen LogP contribution in [0.4, 0.5) is 4.79 Å². The van der Waals surface area contributed by atoms with E-state index in [1.807, 2.05) is 26.8 Å². The van der Waals surface area contributed by atoms with Crippen molar-refractivity contribution in [3.8, 4) is 0 Å². The number of carbonyl (C=O) groups is 1. The molecule has 1 amide bonds. The summed E-state index contributed by atoms with van der Waals surface area (Å²) in [6, 6.07) is -0.0910. The summed E-state index contributed by atoms with van der Waals surface area (Å²) in [5.41, 5.74) is 1.26. The van der Waals surface area contributed by atoms with Gasteiger partial charge in [0.05, 0.1) is 16.4 Å². The van der Waals surface area contributed by atoms with Gasteiger partial charge in [-0.2, -0.15) is 0 Å². The molecule has 1 rings (SSSR count). The summed E-state index contributed by atoms with van der Waals surface area (Å²) < 4.78 is 6.09. The van der Waals surface area contributed by atoms with Crippen LogP contribution in [-0.4, -0.2) is 16.7 Å². The van der Waals surface area contributed by atoms with Crippen LogP contribution in [0.15, 0.2) is 22.8 Å². The molecule has 0 spiro atoms. The zero-order chi connectivity index (χ0) is 15.2. The normalized spacial score (nSPS) is 12.8. The Morgan fingerprint density at radius 3 is 2.85 bits per heavy atom. The van der Waals surface area contributed by atoms with E-state index in [9.17, 15) is 4.79 Å². The van der Waals surface area contributed by atoms with Crippen LogP contribution in [0.25, 0.3) is 0 Å². The second kappa shape index (κ2) is 7.78. The largest absolute Gasteiger partial charge is 0.444 e. The minimum atomic E-state index is -0.499. The Morgan fingerprint density at radius 2 is 2.35 bits per heavy atom. The summed E-state index contributed by atoms with van der Waals surface area (Å²) in [5, 5.41) is 2.92. The first-order valence-electron chi connectivity index (χ1n) is 6.53. The van der Waals surface area contributed by atoms with Gasteiger partial charge < -0.3 is 10.1 Å². The van der Waals surface area contributed by atoms with Crippen molar-refractivity contribution in [1.82, 2.24) is 10.3 Å². The number of alkyl carbamates (subject to hydrolysis) is 1. The predicted octanol–water partition coefficient (Wildman–Crippen LogP) is 4.83. The number of aromatic nitrogens is 1. The fourth-order valence-corrected chi connectivity index (χ4v) is 3.21. The average Bonchev–Trinajstić information content (AvgIpc) is 2.72. The SMILES string of the molecule is C=CCCC[C@H](NC(=O)OC(C)(C)C)c1scnc1Br. The van der Waals surface area contributed by atoms with Gasteiger partial charge in [-0.1, -0.05) is 6.08 Å². The van der Waals surface area contributed by atoms with Crippen LogP contribution in [0, 0.1) is 0 Å². The highest BCUT2D eigenvalue weighted by atomic mass is 79.9. The molecular weight excluding hydrogens is 340 g/mol. The maximum Gasteiger partial charge on any atom is 0.408 e. The molecule has 1 atom stereocenters. The quantitative estimate of drug-likeness (QED) is 0.583. The number of nitrogens with one attached hydrogen (secondary N) is 1. The number of rotatable bonds is 6. The van der Waals surface area contributed by atoms with Crippen LogP contribution < -0.4 is 5.32 Å². The number of nitrogens with zero attached hydrogens (tertiary/aromatic N) is 1. The summed E-state index contributed by atoms with van der Waals surface area (Å²) in [6.07, 6.45) is 4.18. The van der Waals surface area contributed by atoms with Gasteiger partial charge >= 0.3 is 6.09 Å². The number of hydrogen-bond donors (Lipinski definition) is 1. The van der Waals surface area contributed by atoms with Crippen LogP contribution in [0.5, 0.6) is 0 Å². The Bertz CT molecular complexity index is 454. The highest BCUT2D eigenvalue weighted by Crippen LogP contribution is 2.30. The monoisotopic (exact) mass is 360 g/mol. The van der Waals surface area contributed by atoms with Crippen molar-refractivity contribution < 1.29 is 9.53 Å². The van der Waals surface area contributed by atoms with E-state index >= 15 is 0 Å². The Morgan fingerprint density at radius 1 is 1.65 bits per heavy atom. The molecular formula is C14H21BrN2O2S. The molecule has 0 aromatic carbocycles. The minimum absolute atomic E-state index is 0.0910. The molecule has 1 N–H and O–H groups in total. The molecule has 0 fully saturated rings. The standard InChI is InChI=1S/C14H21BrN2O2S/c1-5-6-7-8-10(11-12(15)16-9-20-11)17-13(18)19-14(2,3)4/h5,9-10H,1,6-8H2,2-4H3,(H,17,18)/t10-/m0/s1. The lowest BCUT2D eigenvalue weighted by atomic mass is 10.1. The second-order valence-corrected chi connectivity index (χ2v) is 7.06. The van der Waals surface area contributed by atoms with Gasteiger partial charge in [-0.3, -0.25) is 0 Å².